The Morgan fingerprint density at radius 3 is 2.63 bits per heavy atom. The molecular weight excluding hydrogens is 384 g/mol. The zero-order valence-electron chi connectivity index (χ0n) is 16.4. The highest BCUT2D eigenvalue weighted by atomic mass is 16.3. The monoisotopic (exact) mass is 404 g/mol. The van der Waals surface area contributed by atoms with Gasteiger partial charge < -0.3 is 21.9 Å². The molecule has 2 aromatic heterocycles. The number of anilines is 1. The molecule has 6 N–H and O–H groups in total. The first kappa shape index (κ1) is 19.2. The number of aryl methyl sites for hydroxylation is 1. The third-order valence-corrected chi connectivity index (χ3v) is 4.88. The quantitative estimate of drug-likeness (QED) is 0.409. The lowest BCUT2D eigenvalue weighted by Gasteiger charge is -2.11. The zero-order valence-corrected chi connectivity index (χ0v) is 16.4. The Morgan fingerprint density at radius 2 is 1.93 bits per heavy atom. The van der Waals surface area contributed by atoms with Crippen molar-refractivity contribution in [3.63, 3.8) is 0 Å². The minimum Gasteiger partial charge on any atom is -0.508 e. The molecule has 0 aliphatic rings. The number of carbonyl (C=O) groups is 2. The first-order valence-electron chi connectivity index (χ1n) is 9.32. The molecule has 9 heteroatoms. The predicted octanol–water partition coefficient (Wildman–Crippen LogP) is 2.02. The molecule has 0 saturated heterocycles. The van der Waals surface area contributed by atoms with E-state index in [4.69, 9.17) is 11.5 Å². The van der Waals surface area contributed by atoms with E-state index < -0.39 is 5.91 Å². The van der Waals surface area contributed by atoms with Crippen molar-refractivity contribution < 1.29 is 14.7 Å². The highest BCUT2D eigenvalue weighted by Gasteiger charge is 2.25. The summed E-state index contributed by atoms with van der Waals surface area (Å²) in [6.07, 6.45) is 0. The Morgan fingerprint density at radius 1 is 1.17 bits per heavy atom. The second-order valence-electron chi connectivity index (χ2n) is 6.86. The van der Waals surface area contributed by atoms with E-state index in [0.717, 1.165) is 5.56 Å². The van der Waals surface area contributed by atoms with Crippen LogP contribution in [0, 0.1) is 6.92 Å². The standard InChI is InChI=1S/C21H20N6O3/c1-3-24-21(30)12-5-4-6-13-16(12)26-17-15(19(23)29)18(22)27(20(17)25-13)14-9-11(28)8-7-10(14)2/h4-9,28H,3,22H2,1-2H3,(H2,23,29)(H,24,30). The molecule has 4 aromatic rings. The number of rotatable bonds is 4. The van der Waals surface area contributed by atoms with E-state index in [9.17, 15) is 14.7 Å². The zero-order chi connectivity index (χ0) is 21.6. The number of fused-ring (bicyclic) bond motifs is 2. The van der Waals surface area contributed by atoms with Crippen LogP contribution in [0.4, 0.5) is 5.82 Å². The Kier molecular flexibility index (Phi) is 4.50. The summed E-state index contributed by atoms with van der Waals surface area (Å²) in [6, 6.07) is 9.86. The number of benzene rings is 2. The van der Waals surface area contributed by atoms with Crippen LogP contribution in [0.1, 0.15) is 33.2 Å². The number of phenolic OH excluding ortho intramolecular Hbond substituents is 1. The van der Waals surface area contributed by atoms with E-state index in [1.807, 2.05) is 13.8 Å². The molecule has 0 radical (unpaired) electrons. The van der Waals surface area contributed by atoms with Crippen LogP contribution in [0.5, 0.6) is 5.75 Å². The Hall–Kier alpha value is -4.14. The number of phenols is 1. The van der Waals surface area contributed by atoms with Crippen molar-refractivity contribution in [2.75, 3.05) is 12.3 Å². The highest BCUT2D eigenvalue weighted by Crippen LogP contribution is 2.33. The summed E-state index contributed by atoms with van der Waals surface area (Å²) in [4.78, 5) is 33.9. The number of nitrogen functional groups attached to an aromatic ring is 1. The van der Waals surface area contributed by atoms with E-state index in [1.54, 1.807) is 30.3 Å². The van der Waals surface area contributed by atoms with Crippen molar-refractivity contribution in [3.8, 4) is 11.4 Å². The lowest BCUT2D eigenvalue weighted by atomic mass is 10.1. The van der Waals surface area contributed by atoms with Crippen LogP contribution in [0.2, 0.25) is 0 Å². The summed E-state index contributed by atoms with van der Waals surface area (Å²) >= 11 is 0. The SMILES string of the molecule is CCNC(=O)c1cccc2nc3c(nc12)c(C(N)=O)c(N)n3-c1cc(O)ccc1C. The third-order valence-electron chi connectivity index (χ3n) is 4.88. The molecule has 0 fully saturated rings. The molecule has 2 heterocycles. The minimum atomic E-state index is -0.766. The summed E-state index contributed by atoms with van der Waals surface area (Å²) in [5, 5.41) is 12.7. The predicted molar refractivity (Wildman–Crippen MR) is 114 cm³/mol. The first-order valence-corrected chi connectivity index (χ1v) is 9.32. The number of hydrogen-bond donors (Lipinski definition) is 4. The van der Waals surface area contributed by atoms with Crippen molar-refractivity contribution in [2.24, 2.45) is 5.73 Å². The number of aromatic hydroxyl groups is 1. The molecule has 0 spiro atoms. The average Bonchev–Trinajstić information content (AvgIpc) is 2.98. The fourth-order valence-electron chi connectivity index (χ4n) is 3.50. The van der Waals surface area contributed by atoms with Crippen LogP contribution in [0.25, 0.3) is 27.9 Å². The largest absolute Gasteiger partial charge is 0.508 e. The van der Waals surface area contributed by atoms with Crippen molar-refractivity contribution >= 4 is 39.8 Å². The number of para-hydroxylation sites is 1. The summed E-state index contributed by atoms with van der Waals surface area (Å²) in [5.74, 6) is -0.974. The summed E-state index contributed by atoms with van der Waals surface area (Å²) in [7, 11) is 0. The van der Waals surface area contributed by atoms with Crippen molar-refractivity contribution in [2.45, 2.75) is 13.8 Å². The van der Waals surface area contributed by atoms with Crippen LogP contribution >= 0.6 is 0 Å². The second-order valence-corrected chi connectivity index (χ2v) is 6.86. The van der Waals surface area contributed by atoms with Gasteiger partial charge in [0.25, 0.3) is 11.8 Å². The Labute approximate surface area is 171 Å². The first-order chi connectivity index (χ1) is 14.3. The maximum atomic E-state index is 12.5. The average molecular weight is 404 g/mol. The van der Waals surface area contributed by atoms with E-state index >= 15 is 0 Å². The molecule has 0 bridgehead atoms. The van der Waals surface area contributed by atoms with Gasteiger partial charge in [-0.2, -0.15) is 0 Å². The van der Waals surface area contributed by atoms with Crippen molar-refractivity contribution in [3.05, 3.63) is 53.1 Å². The summed E-state index contributed by atoms with van der Waals surface area (Å²) in [6.45, 7) is 4.11. The highest BCUT2D eigenvalue weighted by molar-refractivity contribution is 6.12. The van der Waals surface area contributed by atoms with E-state index in [2.05, 4.69) is 15.3 Å². The van der Waals surface area contributed by atoms with Gasteiger partial charge in [0.1, 0.15) is 28.2 Å². The number of carbonyl (C=O) groups excluding carboxylic acids is 2. The lowest BCUT2D eigenvalue weighted by Crippen LogP contribution is -2.23. The van der Waals surface area contributed by atoms with Crippen LogP contribution in [0.15, 0.2) is 36.4 Å². The van der Waals surface area contributed by atoms with E-state index in [1.165, 1.54) is 10.6 Å². The third kappa shape index (κ3) is 2.87. The molecule has 0 aliphatic carbocycles. The number of aromatic nitrogens is 3. The number of hydrogen-bond acceptors (Lipinski definition) is 6. The summed E-state index contributed by atoms with van der Waals surface area (Å²) < 4.78 is 1.54. The fourth-order valence-corrected chi connectivity index (χ4v) is 3.50. The van der Waals surface area contributed by atoms with Gasteiger partial charge in [0, 0.05) is 12.6 Å². The molecular formula is C21H20N6O3. The maximum Gasteiger partial charge on any atom is 0.254 e. The maximum absolute atomic E-state index is 12.5. The molecule has 0 atom stereocenters. The molecule has 0 unspecified atom stereocenters. The van der Waals surface area contributed by atoms with Gasteiger partial charge in [-0.25, -0.2) is 9.97 Å². The Bertz CT molecular complexity index is 1340. The van der Waals surface area contributed by atoms with Crippen LogP contribution in [0.3, 0.4) is 0 Å². The smallest absolute Gasteiger partial charge is 0.254 e. The molecule has 9 nitrogen and oxygen atoms in total. The van der Waals surface area contributed by atoms with Gasteiger partial charge in [0.05, 0.1) is 16.8 Å². The van der Waals surface area contributed by atoms with E-state index in [-0.39, 0.29) is 28.6 Å². The number of nitrogens with two attached hydrogens (primary N) is 2. The number of nitrogens with zero attached hydrogens (tertiary/aromatic N) is 3. The molecule has 2 aromatic carbocycles. The van der Waals surface area contributed by atoms with E-state index in [0.29, 0.717) is 34.5 Å². The van der Waals surface area contributed by atoms with Crippen LogP contribution < -0.4 is 16.8 Å². The van der Waals surface area contributed by atoms with Crippen LogP contribution in [-0.2, 0) is 0 Å². The second kappa shape index (κ2) is 7.03. The number of primary amides is 1. The molecule has 2 amide bonds. The number of amides is 2. The van der Waals surface area contributed by atoms with Gasteiger partial charge in [-0.3, -0.25) is 14.2 Å². The van der Waals surface area contributed by atoms with Crippen molar-refractivity contribution in [1.29, 1.82) is 0 Å². The van der Waals surface area contributed by atoms with Gasteiger partial charge in [-0.15, -0.1) is 0 Å². The lowest BCUT2D eigenvalue weighted by molar-refractivity contribution is 0.0956. The van der Waals surface area contributed by atoms with Gasteiger partial charge in [0.15, 0.2) is 5.65 Å². The van der Waals surface area contributed by atoms with Gasteiger partial charge in [-0.05, 0) is 37.6 Å². The topological polar surface area (TPSA) is 149 Å². The number of nitrogens with one attached hydrogen (secondary N) is 1. The van der Waals surface area contributed by atoms with Crippen molar-refractivity contribution in [1.82, 2.24) is 19.9 Å². The molecule has 0 saturated carbocycles. The molecule has 0 aliphatic heterocycles. The Balaban J connectivity index is 2.13. The summed E-state index contributed by atoms with van der Waals surface area (Å²) in [5.41, 5.74) is 14.9. The van der Waals surface area contributed by atoms with Gasteiger partial charge >= 0.3 is 0 Å². The van der Waals surface area contributed by atoms with Gasteiger partial charge in [0.2, 0.25) is 0 Å². The molecule has 152 valence electrons. The molecule has 4 rings (SSSR count). The molecule has 30 heavy (non-hydrogen) atoms. The van der Waals surface area contributed by atoms with Gasteiger partial charge in [-0.1, -0.05) is 12.1 Å². The minimum absolute atomic E-state index is 0.00726. The fraction of sp³-hybridized carbons (Fsp3) is 0.143. The van der Waals surface area contributed by atoms with Crippen LogP contribution in [-0.4, -0.2) is 38.0 Å². The normalized spacial score (nSPS) is 11.1.